The molecule has 1 aromatic heterocycles. The molecule has 1 aromatic carbocycles. The average Bonchev–Trinajstić information content (AvgIpc) is 3.42. The van der Waals surface area contributed by atoms with Gasteiger partial charge in [0.15, 0.2) is 0 Å². The molecule has 7 nitrogen and oxygen atoms in total. The molecule has 0 bridgehead atoms. The number of methoxy groups -OCH3 is 1. The molecule has 1 amide bonds. The van der Waals surface area contributed by atoms with Gasteiger partial charge in [0, 0.05) is 5.56 Å². The van der Waals surface area contributed by atoms with Crippen LogP contribution in [0.4, 0.5) is 0 Å². The number of benzene rings is 1. The first-order valence-electron chi connectivity index (χ1n) is 9.07. The number of likely N-dealkylation sites (tertiary alicyclic amines) is 1. The Labute approximate surface area is 152 Å². The first-order chi connectivity index (χ1) is 12.7. The number of carbonyl (C=O) groups is 1. The molecule has 2 aliphatic rings. The Morgan fingerprint density at radius 2 is 2.04 bits per heavy atom. The van der Waals surface area contributed by atoms with E-state index in [4.69, 9.17) is 9.47 Å². The van der Waals surface area contributed by atoms with Crippen molar-refractivity contribution in [1.82, 2.24) is 20.4 Å². The molecule has 7 heteroatoms. The van der Waals surface area contributed by atoms with E-state index in [0.29, 0.717) is 18.9 Å². The summed E-state index contributed by atoms with van der Waals surface area (Å²) >= 11 is 0. The summed E-state index contributed by atoms with van der Waals surface area (Å²) in [6, 6.07) is 9.66. The van der Waals surface area contributed by atoms with Crippen LogP contribution < -0.4 is 10.1 Å². The van der Waals surface area contributed by atoms with E-state index in [1.54, 1.807) is 13.2 Å². The van der Waals surface area contributed by atoms with Crippen LogP contribution in [-0.4, -0.2) is 66.5 Å². The summed E-state index contributed by atoms with van der Waals surface area (Å²) in [5, 5.41) is 10.2. The highest BCUT2D eigenvalue weighted by Crippen LogP contribution is 2.22. The van der Waals surface area contributed by atoms with Gasteiger partial charge in [0.25, 0.3) is 5.91 Å². The summed E-state index contributed by atoms with van der Waals surface area (Å²) < 4.78 is 10.8. The van der Waals surface area contributed by atoms with E-state index in [-0.39, 0.29) is 18.0 Å². The highest BCUT2D eigenvalue weighted by Gasteiger charge is 2.35. The lowest BCUT2D eigenvalue weighted by atomic mass is 10.1. The highest BCUT2D eigenvalue weighted by molar-refractivity contribution is 5.93. The van der Waals surface area contributed by atoms with Crippen LogP contribution in [0.3, 0.4) is 0 Å². The minimum absolute atomic E-state index is 0.0216. The van der Waals surface area contributed by atoms with Gasteiger partial charge in [-0.3, -0.25) is 14.8 Å². The van der Waals surface area contributed by atoms with E-state index < -0.39 is 0 Å². The second kappa shape index (κ2) is 7.47. The molecule has 0 radical (unpaired) electrons. The van der Waals surface area contributed by atoms with Crippen molar-refractivity contribution in [1.29, 1.82) is 0 Å². The zero-order chi connectivity index (χ0) is 17.9. The van der Waals surface area contributed by atoms with Gasteiger partial charge in [0.05, 0.1) is 38.1 Å². The maximum Gasteiger partial charge on any atom is 0.269 e. The van der Waals surface area contributed by atoms with Crippen molar-refractivity contribution in [3.8, 4) is 17.0 Å². The third-order valence-corrected chi connectivity index (χ3v) is 5.18. The third kappa shape index (κ3) is 3.45. The summed E-state index contributed by atoms with van der Waals surface area (Å²) in [5.74, 6) is 0.647. The van der Waals surface area contributed by atoms with E-state index in [1.165, 1.54) is 12.8 Å². The molecular weight excluding hydrogens is 332 g/mol. The van der Waals surface area contributed by atoms with E-state index in [9.17, 15) is 4.79 Å². The quantitative estimate of drug-likeness (QED) is 0.852. The Morgan fingerprint density at radius 1 is 1.27 bits per heavy atom. The molecule has 3 heterocycles. The van der Waals surface area contributed by atoms with Crippen LogP contribution in [0.1, 0.15) is 23.3 Å². The van der Waals surface area contributed by atoms with Crippen molar-refractivity contribution >= 4 is 5.91 Å². The van der Waals surface area contributed by atoms with Gasteiger partial charge in [-0.15, -0.1) is 0 Å². The van der Waals surface area contributed by atoms with E-state index in [2.05, 4.69) is 20.4 Å². The van der Waals surface area contributed by atoms with Crippen molar-refractivity contribution in [3.63, 3.8) is 0 Å². The van der Waals surface area contributed by atoms with Gasteiger partial charge in [-0.1, -0.05) is 0 Å². The number of rotatable bonds is 5. The summed E-state index contributed by atoms with van der Waals surface area (Å²) in [6.07, 6.45) is 2.45. The van der Waals surface area contributed by atoms with Crippen LogP contribution in [0, 0.1) is 0 Å². The SMILES string of the molecule is COc1ccc(-c2cc(C(=O)N[C@@H]3COC[C@H]3N3CCCC3)[nH]n2)cc1. The molecule has 2 atom stereocenters. The Kier molecular flexibility index (Phi) is 4.90. The third-order valence-electron chi connectivity index (χ3n) is 5.18. The van der Waals surface area contributed by atoms with Crippen molar-refractivity contribution < 1.29 is 14.3 Å². The van der Waals surface area contributed by atoms with Gasteiger partial charge >= 0.3 is 0 Å². The molecule has 4 rings (SSSR count). The molecule has 0 saturated carbocycles. The van der Waals surface area contributed by atoms with E-state index in [0.717, 1.165) is 30.1 Å². The Bertz CT molecular complexity index is 752. The molecule has 0 unspecified atom stereocenters. The number of ether oxygens (including phenoxy) is 2. The molecule has 0 spiro atoms. The van der Waals surface area contributed by atoms with Gasteiger partial charge in [0.2, 0.25) is 0 Å². The molecule has 2 aliphatic heterocycles. The van der Waals surface area contributed by atoms with Crippen molar-refractivity contribution in [3.05, 3.63) is 36.0 Å². The molecule has 138 valence electrons. The molecular formula is C19H24N4O3. The summed E-state index contributed by atoms with van der Waals surface area (Å²) in [7, 11) is 1.63. The smallest absolute Gasteiger partial charge is 0.269 e. The van der Waals surface area contributed by atoms with Gasteiger partial charge < -0.3 is 14.8 Å². The number of amides is 1. The van der Waals surface area contributed by atoms with Gasteiger partial charge in [0.1, 0.15) is 11.4 Å². The average molecular weight is 356 g/mol. The number of carbonyl (C=O) groups excluding carboxylic acids is 1. The Hall–Kier alpha value is -2.38. The van der Waals surface area contributed by atoms with Crippen molar-refractivity contribution in [2.75, 3.05) is 33.4 Å². The maximum absolute atomic E-state index is 12.6. The first-order valence-corrected chi connectivity index (χ1v) is 9.07. The first kappa shape index (κ1) is 17.1. The molecule has 0 aliphatic carbocycles. The second-order valence-electron chi connectivity index (χ2n) is 6.82. The Balaban J connectivity index is 1.42. The monoisotopic (exact) mass is 356 g/mol. The summed E-state index contributed by atoms with van der Waals surface area (Å²) in [5.41, 5.74) is 2.12. The molecule has 2 saturated heterocycles. The largest absolute Gasteiger partial charge is 0.497 e. The number of nitrogens with zero attached hydrogens (tertiary/aromatic N) is 2. The lowest BCUT2D eigenvalue weighted by Gasteiger charge is -2.27. The number of nitrogens with one attached hydrogen (secondary N) is 2. The normalized spacial score (nSPS) is 23.3. The second-order valence-corrected chi connectivity index (χ2v) is 6.82. The fourth-order valence-corrected chi connectivity index (χ4v) is 3.71. The fraction of sp³-hybridized carbons (Fsp3) is 0.474. The van der Waals surface area contributed by atoms with Crippen LogP contribution in [0.15, 0.2) is 30.3 Å². The van der Waals surface area contributed by atoms with Gasteiger partial charge in [-0.05, 0) is 56.3 Å². The Morgan fingerprint density at radius 3 is 2.77 bits per heavy atom. The minimum Gasteiger partial charge on any atom is -0.497 e. The zero-order valence-electron chi connectivity index (χ0n) is 14.9. The van der Waals surface area contributed by atoms with Crippen LogP contribution in [0.2, 0.25) is 0 Å². The molecule has 2 N–H and O–H groups in total. The molecule has 2 aromatic rings. The van der Waals surface area contributed by atoms with Crippen molar-refractivity contribution in [2.45, 2.75) is 24.9 Å². The topological polar surface area (TPSA) is 79.5 Å². The van der Waals surface area contributed by atoms with Crippen LogP contribution in [-0.2, 0) is 4.74 Å². The summed E-state index contributed by atoms with van der Waals surface area (Å²) in [4.78, 5) is 15.1. The predicted molar refractivity (Wildman–Crippen MR) is 97.2 cm³/mol. The van der Waals surface area contributed by atoms with Crippen LogP contribution in [0.5, 0.6) is 5.75 Å². The number of aromatic amines is 1. The van der Waals surface area contributed by atoms with Crippen molar-refractivity contribution in [2.24, 2.45) is 0 Å². The number of hydrogen-bond acceptors (Lipinski definition) is 5. The van der Waals surface area contributed by atoms with E-state index in [1.807, 2.05) is 24.3 Å². The van der Waals surface area contributed by atoms with Crippen LogP contribution >= 0.6 is 0 Å². The van der Waals surface area contributed by atoms with E-state index >= 15 is 0 Å². The molecule has 2 fully saturated rings. The zero-order valence-corrected chi connectivity index (χ0v) is 14.9. The van der Waals surface area contributed by atoms with Gasteiger partial charge in [-0.25, -0.2) is 0 Å². The summed E-state index contributed by atoms with van der Waals surface area (Å²) in [6.45, 7) is 3.43. The lowest BCUT2D eigenvalue weighted by molar-refractivity contribution is 0.0911. The standard InChI is InChI=1S/C19H24N4O3/c1-25-14-6-4-13(5-7-14)15-10-16(22-21-15)19(24)20-17-11-26-12-18(17)23-8-2-3-9-23/h4-7,10,17-18H,2-3,8-9,11-12H2,1H3,(H,20,24)(H,21,22)/t17-,18-/m1/s1. The maximum atomic E-state index is 12.6. The predicted octanol–water partition coefficient (Wildman–Crippen LogP) is 1.68. The minimum atomic E-state index is -0.142. The number of aromatic nitrogens is 2. The molecule has 26 heavy (non-hydrogen) atoms. The van der Waals surface area contributed by atoms with Gasteiger partial charge in [-0.2, -0.15) is 5.10 Å². The fourth-order valence-electron chi connectivity index (χ4n) is 3.71. The van der Waals surface area contributed by atoms with Crippen LogP contribution in [0.25, 0.3) is 11.3 Å². The number of H-pyrrole nitrogens is 1. The lowest BCUT2D eigenvalue weighted by Crippen LogP contribution is -2.50. The highest BCUT2D eigenvalue weighted by atomic mass is 16.5. The number of hydrogen-bond donors (Lipinski definition) is 2.